The number of hydrogen-bond donors (Lipinski definition) is 1. The molecule has 0 unspecified atom stereocenters. The minimum atomic E-state index is -0.324. The molecule has 4 aromatic carbocycles. The summed E-state index contributed by atoms with van der Waals surface area (Å²) in [5.41, 5.74) is 8.58. The average Bonchev–Trinajstić information content (AvgIpc) is 2.96. The van der Waals surface area contributed by atoms with Gasteiger partial charge in [-0.2, -0.15) is 0 Å². The lowest BCUT2D eigenvalue weighted by Gasteiger charge is -2.24. The van der Waals surface area contributed by atoms with Crippen LogP contribution in [0.2, 0.25) is 0 Å². The molecule has 0 spiro atoms. The van der Waals surface area contributed by atoms with Crippen LogP contribution in [0.5, 0.6) is 17.2 Å². The molecule has 4 aromatic rings. The van der Waals surface area contributed by atoms with E-state index in [2.05, 4.69) is 0 Å². The number of rotatable bonds is 12. The van der Waals surface area contributed by atoms with Crippen LogP contribution in [0.3, 0.4) is 0 Å². The first kappa shape index (κ1) is 26.7. The highest BCUT2D eigenvalue weighted by Gasteiger charge is 2.20. The van der Waals surface area contributed by atoms with Crippen LogP contribution in [0.1, 0.15) is 27.0 Å². The molecule has 0 bridgehead atoms. The third kappa shape index (κ3) is 6.89. The molecule has 0 aliphatic heterocycles. The molecule has 0 saturated carbocycles. The fraction of sp³-hybridized carbons (Fsp3) is 0.194. The van der Waals surface area contributed by atoms with E-state index in [9.17, 15) is 9.18 Å². The largest absolute Gasteiger partial charge is 0.493 e. The summed E-state index contributed by atoms with van der Waals surface area (Å²) in [6.07, 6.45) is 0. The maximum absolute atomic E-state index is 14.1. The van der Waals surface area contributed by atoms with Gasteiger partial charge in [0.2, 0.25) is 0 Å². The van der Waals surface area contributed by atoms with Crippen LogP contribution in [-0.4, -0.2) is 31.0 Å². The number of methoxy groups -OCH3 is 1. The molecule has 7 heteroatoms. The van der Waals surface area contributed by atoms with Gasteiger partial charge in [-0.3, -0.25) is 4.79 Å². The van der Waals surface area contributed by atoms with Crippen molar-refractivity contribution in [3.8, 4) is 17.2 Å². The van der Waals surface area contributed by atoms with Crippen molar-refractivity contribution in [3.63, 3.8) is 0 Å². The third-order valence-corrected chi connectivity index (χ3v) is 6.01. The number of para-hydroxylation sites is 1. The van der Waals surface area contributed by atoms with Gasteiger partial charge in [0.15, 0.2) is 11.5 Å². The van der Waals surface area contributed by atoms with E-state index in [1.165, 1.54) is 6.07 Å². The number of nitrogens with zero attached hydrogens (tertiary/aromatic N) is 1. The number of halogens is 1. The highest BCUT2D eigenvalue weighted by molar-refractivity contribution is 5.95. The first-order valence-corrected chi connectivity index (χ1v) is 12.4. The molecule has 0 atom stereocenters. The minimum absolute atomic E-state index is 0.0795. The van der Waals surface area contributed by atoms with Crippen LogP contribution < -0.4 is 19.9 Å². The maximum atomic E-state index is 14.1. The molecule has 0 saturated heterocycles. The summed E-state index contributed by atoms with van der Waals surface area (Å²) in [6.45, 7) is 1.37. The highest BCUT2D eigenvalue weighted by Crippen LogP contribution is 2.30. The molecule has 2 N–H and O–H groups in total. The molecule has 0 heterocycles. The van der Waals surface area contributed by atoms with E-state index in [-0.39, 0.29) is 24.9 Å². The van der Waals surface area contributed by atoms with Gasteiger partial charge in [0.05, 0.1) is 7.11 Å². The molecule has 0 aromatic heterocycles. The fourth-order valence-corrected chi connectivity index (χ4v) is 4.00. The molecular formula is C31H31FN2O4. The number of carbonyl (C=O) groups excluding carboxylic acids is 1. The number of nitrogens with two attached hydrogens (primary N) is 1. The van der Waals surface area contributed by atoms with Gasteiger partial charge in [0.1, 0.15) is 24.8 Å². The summed E-state index contributed by atoms with van der Waals surface area (Å²) in [7, 11) is 1.54. The Hall–Kier alpha value is -4.36. The summed E-state index contributed by atoms with van der Waals surface area (Å²) >= 11 is 0. The topological polar surface area (TPSA) is 74.0 Å². The van der Waals surface area contributed by atoms with E-state index >= 15 is 0 Å². The second kappa shape index (κ2) is 13.3. The third-order valence-electron chi connectivity index (χ3n) is 6.01. The molecular weight excluding hydrogens is 483 g/mol. The Bertz CT molecular complexity index is 1350. The number of hydrogen-bond acceptors (Lipinski definition) is 5. The Balaban J connectivity index is 1.49. The number of amides is 1. The van der Waals surface area contributed by atoms with Crippen molar-refractivity contribution < 1.29 is 23.4 Å². The zero-order valence-electron chi connectivity index (χ0n) is 21.3. The van der Waals surface area contributed by atoms with Gasteiger partial charge in [0.25, 0.3) is 5.91 Å². The summed E-state index contributed by atoms with van der Waals surface area (Å²) < 4.78 is 31.4. The van der Waals surface area contributed by atoms with Crippen LogP contribution >= 0.6 is 0 Å². The van der Waals surface area contributed by atoms with Gasteiger partial charge in [-0.25, -0.2) is 4.39 Å². The van der Waals surface area contributed by atoms with Gasteiger partial charge < -0.3 is 24.8 Å². The predicted octanol–water partition coefficient (Wildman–Crippen LogP) is 5.59. The lowest BCUT2D eigenvalue weighted by Crippen LogP contribution is -2.35. The second-order valence-corrected chi connectivity index (χ2v) is 8.64. The monoisotopic (exact) mass is 514 g/mol. The van der Waals surface area contributed by atoms with Gasteiger partial charge in [-0.05, 0) is 35.9 Å². The first-order valence-electron chi connectivity index (χ1n) is 12.4. The molecule has 38 heavy (non-hydrogen) atoms. The van der Waals surface area contributed by atoms with Gasteiger partial charge in [-0.15, -0.1) is 0 Å². The number of carbonyl (C=O) groups is 1. The van der Waals surface area contributed by atoms with Crippen molar-refractivity contribution >= 4 is 5.91 Å². The zero-order valence-corrected chi connectivity index (χ0v) is 21.3. The Morgan fingerprint density at radius 2 is 1.47 bits per heavy atom. The smallest absolute Gasteiger partial charge is 0.254 e. The van der Waals surface area contributed by atoms with Crippen LogP contribution in [0, 0.1) is 5.82 Å². The van der Waals surface area contributed by atoms with E-state index in [4.69, 9.17) is 19.9 Å². The SMILES string of the molecule is COc1cc(C(=O)N(CCN)Cc2ccccc2OCc2ccccc2F)ccc1OCc1ccccc1. The Morgan fingerprint density at radius 1 is 0.789 bits per heavy atom. The van der Waals surface area contributed by atoms with E-state index in [0.717, 1.165) is 11.1 Å². The molecule has 0 radical (unpaired) electrons. The van der Waals surface area contributed by atoms with Crippen molar-refractivity contribution in [2.24, 2.45) is 5.73 Å². The predicted molar refractivity (Wildman–Crippen MR) is 145 cm³/mol. The fourth-order valence-electron chi connectivity index (χ4n) is 4.00. The van der Waals surface area contributed by atoms with Crippen molar-refractivity contribution in [2.45, 2.75) is 19.8 Å². The lowest BCUT2D eigenvalue weighted by atomic mass is 10.1. The van der Waals surface area contributed by atoms with Crippen molar-refractivity contribution in [2.75, 3.05) is 20.2 Å². The Morgan fingerprint density at radius 3 is 2.21 bits per heavy atom. The van der Waals surface area contributed by atoms with Crippen LogP contribution in [-0.2, 0) is 19.8 Å². The molecule has 4 rings (SSSR count). The first-order chi connectivity index (χ1) is 18.6. The van der Waals surface area contributed by atoms with Gasteiger partial charge in [0, 0.05) is 36.3 Å². The van der Waals surface area contributed by atoms with Crippen molar-refractivity contribution in [3.05, 3.63) is 125 Å². The molecule has 0 aliphatic rings. The average molecular weight is 515 g/mol. The van der Waals surface area contributed by atoms with Crippen LogP contribution in [0.4, 0.5) is 4.39 Å². The van der Waals surface area contributed by atoms with Gasteiger partial charge in [-0.1, -0.05) is 66.7 Å². The van der Waals surface area contributed by atoms with E-state index in [0.29, 0.717) is 48.1 Å². The van der Waals surface area contributed by atoms with Crippen molar-refractivity contribution in [1.29, 1.82) is 0 Å². The quantitative estimate of drug-likeness (QED) is 0.267. The standard InChI is InChI=1S/C31H31FN2O4/c1-36-30-19-24(15-16-29(30)37-21-23-9-3-2-4-10-23)31(35)34(18-17-33)20-25-11-6-8-14-28(25)38-22-26-12-5-7-13-27(26)32/h2-16,19H,17-18,20-22,33H2,1H3. The number of ether oxygens (including phenoxy) is 3. The van der Waals surface area contributed by atoms with E-state index in [1.54, 1.807) is 48.4 Å². The van der Waals surface area contributed by atoms with Gasteiger partial charge >= 0.3 is 0 Å². The van der Waals surface area contributed by atoms with E-state index in [1.807, 2.05) is 54.6 Å². The zero-order chi connectivity index (χ0) is 26.7. The molecule has 196 valence electrons. The van der Waals surface area contributed by atoms with E-state index < -0.39 is 0 Å². The maximum Gasteiger partial charge on any atom is 0.254 e. The second-order valence-electron chi connectivity index (χ2n) is 8.64. The van der Waals surface area contributed by atoms with Crippen molar-refractivity contribution in [1.82, 2.24) is 4.90 Å². The Kier molecular flexibility index (Phi) is 9.32. The van der Waals surface area contributed by atoms with Crippen LogP contribution in [0.25, 0.3) is 0 Å². The summed E-state index contributed by atoms with van der Waals surface area (Å²) in [5.74, 6) is 1.06. The summed E-state index contributed by atoms with van der Waals surface area (Å²) in [6, 6.07) is 28.8. The summed E-state index contributed by atoms with van der Waals surface area (Å²) in [4.78, 5) is 15.2. The normalized spacial score (nSPS) is 10.6. The lowest BCUT2D eigenvalue weighted by molar-refractivity contribution is 0.0746. The molecule has 0 aliphatic carbocycles. The molecule has 1 amide bonds. The number of benzene rings is 4. The van der Waals surface area contributed by atoms with Crippen LogP contribution in [0.15, 0.2) is 97.1 Å². The molecule has 6 nitrogen and oxygen atoms in total. The highest BCUT2D eigenvalue weighted by atomic mass is 19.1. The summed E-state index contributed by atoms with van der Waals surface area (Å²) in [5, 5.41) is 0. The molecule has 0 fully saturated rings. The Labute approximate surface area is 222 Å². The minimum Gasteiger partial charge on any atom is -0.493 e.